The van der Waals surface area contributed by atoms with Gasteiger partial charge in [0.05, 0.1) is 5.75 Å². The second-order valence-electron chi connectivity index (χ2n) is 5.01. The fraction of sp³-hybridized carbons (Fsp3) is 0.833. The van der Waals surface area contributed by atoms with E-state index in [1.54, 1.807) is 0 Å². The van der Waals surface area contributed by atoms with Crippen LogP contribution in [0.3, 0.4) is 0 Å². The highest BCUT2D eigenvalue weighted by atomic mass is 32.2. The molecular formula is C12H21N3OS. The predicted molar refractivity (Wildman–Crippen MR) is 70.0 cm³/mol. The molecule has 1 aliphatic rings. The summed E-state index contributed by atoms with van der Waals surface area (Å²) in [5.41, 5.74) is 0. The van der Waals surface area contributed by atoms with E-state index in [2.05, 4.69) is 29.3 Å². The summed E-state index contributed by atoms with van der Waals surface area (Å²) in [5.74, 6) is 4.34. The molecule has 1 aromatic rings. The minimum atomic E-state index is 0.534. The van der Waals surface area contributed by atoms with Gasteiger partial charge in [0.1, 0.15) is 0 Å². The zero-order chi connectivity index (χ0) is 12.1. The molecule has 0 aromatic carbocycles. The Morgan fingerprint density at radius 2 is 2.41 bits per heavy atom. The molecule has 1 unspecified atom stereocenters. The summed E-state index contributed by atoms with van der Waals surface area (Å²) in [6, 6.07) is 0.534. The third kappa shape index (κ3) is 4.32. The number of hydrogen-bond acceptors (Lipinski definition) is 5. The largest absolute Gasteiger partial charge is 0.339 e. The van der Waals surface area contributed by atoms with Crippen LogP contribution in [0.1, 0.15) is 38.4 Å². The molecule has 0 radical (unpaired) electrons. The van der Waals surface area contributed by atoms with E-state index >= 15 is 0 Å². The normalized spacial score (nSPS) is 20.3. The lowest BCUT2D eigenvalue weighted by Crippen LogP contribution is -2.23. The van der Waals surface area contributed by atoms with E-state index in [1.165, 1.54) is 12.8 Å². The summed E-state index contributed by atoms with van der Waals surface area (Å²) in [6.07, 6.45) is 3.36. The van der Waals surface area contributed by atoms with E-state index in [0.717, 1.165) is 36.2 Å². The first-order chi connectivity index (χ1) is 8.24. The Morgan fingerprint density at radius 1 is 1.53 bits per heavy atom. The van der Waals surface area contributed by atoms with Crippen LogP contribution in [0, 0.1) is 5.92 Å². The quantitative estimate of drug-likeness (QED) is 0.845. The van der Waals surface area contributed by atoms with E-state index in [-0.39, 0.29) is 0 Å². The first kappa shape index (κ1) is 12.9. The van der Waals surface area contributed by atoms with Crippen molar-refractivity contribution in [3.05, 3.63) is 11.7 Å². The van der Waals surface area contributed by atoms with Crippen LogP contribution < -0.4 is 5.32 Å². The molecule has 0 bridgehead atoms. The van der Waals surface area contributed by atoms with Crippen molar-refractivity contribution in [1.29, 1.82) is 0 Å². The fourth-order valence-corrected chi connectivity index (χ4v) is 2.85. The second kappa shape index (κ2) is 6.40. The zero-order valence-corrected chi connectivity index (χ0v) is 11.4. The van der Waals surface area contributed by atoms with Gasteiger partial charge >= 0.3 is 0 Å². The molecule has 5 heteroatoms. The molecule has 17 heavy (non-hydrogen) atoms. The van der Waals surface area contributed by atoms with E-state index < -0.39 is 0 Å². The van der Waals surface area contributed by atoms with Crippen LogP contribution in [0.25, 0.3) is 0 Å². The van der Waals surface area contributed by atoms with E-state index in [0.29, 0.717) is 12.0 Å². The van der Waals surface area contributed by atoms with E-state index in [9.17, 15) is 0 Å². The molecule has 96 valence electrons. The summed E-state index contributed by atoms with van der Waals surface area (Å²) >= 11 is 1.87. The van der Waals surface area contributed by atoms with Gasteiger partial charge in [-0.15, -0.1) is 0 Å². The predicted octanol–water partition coefficient (Wildman–Crippen LogP) is 2.25. The van der Waals surface area contributed by atoms with E-state index in [1.807, 2.05) is 11.8 Å². The first-order valence-electron chi connectivity index (χ1n) is 6.36. The maximum Gasteiger partial charge on any atom is 0.228 e. The van der Waals surface area contributed by atoms with Crippen molar-refractivity contribution in [2.24, 2.45) is 5.92 Å². The average molecular weight is 255 g/mol. The Morgan fingerprint density at radius 3 is 3.12 bits per heavy atom. The highest BCUT2D eigenvalue weighted by Crippen LogP contribution is 2.15. The highest BCUT2D eigenvalue weighted by Gasteiger charge is 2.17. The van der Waals surface area contributed by atoms with Crippen molar-refractivity contribution in [2.45, 2.75) is 44.9 Å². The second-order valence-corrected chi connectivity index (χ2v) is 6.04. The van der Waals surface area contributed by atoms with Crippen LogP contribution in [0.15, 0.2) is 4.52 Å². The molecule has 1 atom stereocenters. The maximum absolute atomic E-state index is 5.27. The number of rotatable bonds is 6. The Labute approximate surface area is 107 Å². The molecule has 4 nitrogen and oxygen atoms in total. The van der Waals surface area contributed by atoms with Gasteiger partial charge in [0.2, 0.25) is 5.89 Å². The standard InChI is InChI=1S/C12H21N3OS/c1-9(2)7-17-8-11-14-12(16-15-11)6-10-4-3-5-13-10/h9-10,13H,3-8H2,1-2H3. The number of nitrogens with one attached hydrogen (secondary N) is 1. The lowest BCUT2D eigenvalue weighted by atomic mass is 10.2. The molecule has 1 aliphatic heterocycles. The minimum Gasteiger partial charge on any atom is -0.339 e. The molecular weight excluding hydrogens is 234 g/mol. The van der Waals surface area contributed by atoms with Gasteiger partial charge in [-0.2, -0.15) is 16.7 Å². The van der Waals surface area contributed by atoms with Crippen molar-refractivity contribution >= 4 is 11.8 Å². The lowest BCUT2D eigenvalue weighted by molar-refractivity contribution is 0.361. The van der Waals surface area contributed by atoms with Crippen LogP contribution in [0.4, 0.5) is 0 Å². The zero-order valence-electron chi connectivity index (χ0n) is 10.6. The molecule has 1 N–H and O–H groups in total. The summed E-state index contributed by atoms with van der Waals surface area (Å²) in [4.78, 5) is 4.43. The molecule has 0 amide bonds. The minimum absolute atomic E-state index is 0.534. The van der Waals surface area contributed by atoms with Gasteiger partial charge in [-0.05, 0) is 31.1 Å². The van der Waals surface area contributed by atoms with Gasteiger partial charge < -0.3 is 9.84 Å². The van der Waals surface area contributed by atoms with Crippen molar-refractivity contribution in [1.82, 2.24) is 15.5 Å². The van der Waals surface area contributed by atoms with Gasteiger partial charge in [0.25, 0.3) is 0 Å². The molecule has 0 saturated carbocycles. The number of aromatic nitrogens is 2. The third-order valence-corrected chi connectivity index (χ3v) is 4.14. The smallest absolute Gasteiger partial charge is 0.228 e. The maximum atomic E-state index is 5.27. The summed E-state index contributed by atoms with van der Waals surface area (Å²) in [7, 11) is 0. The number of nitrogens with zero attached hydrogens (tertiary/aromatic N) is 2. The van der Waals surface area contributed by atoms with Crippen LogP contribution in [0.5, 0.6) is 0 Å². The summed E-state index contributed by atoms with van der Waals surface area (Å²) in [6.45, 7) is 5.57. The summed E-state index contributed by atoms with van der Waals surface area (Å²) < 4.78 is 5.27. The van der Waals surface area contributed by atoms with Gasteiger partial charge in [-0.1, -0.05) is 19.0 Å². The molecule has 1 aromatic heterocycles. The Hall–Kier alpha value is -0.550. The molecule has 1 saturated heterocycles. The monoisotopic (exact) mass is 255 g/mol. The van der Waals surface area contributed by atoms with Crippen molar-refractivity contribution in [3.63, 3.8) is 0 Å². The lowest BCUT2D eigenvalue weighted by Gasteiger charge is -2.04. The van der Waals surface area contributed by atoms with Crippen LogP contribution in [-0.4, -0.2) is 28.5 Å². The van der Waals surface area contributed by atoms with Crippen LogP contribution >= 0.6 is 11.8 Å². The SMILES string of the molecule is CC(C)CSCc1noc(CC2CCCN2)n1. The Balaban J connectivity index is 1.75. The van der Waals surface area contributed by atoms with Gasteiger partial charge in [-0.25, -0.2) is 0 Å². The van der Waals surface area contributed by atoms with Crippen molar-refractivity contribution in [3.8, 4) is 0 Å². The van der Waals surface area contributed by atoms with E-state index in [4.69, 9.17) is 4.52 Å². The first-order valence-corrected chi connectivity index (χ1v) is 7.52. The third-order valence-electron chi connectivity index (χ3n) is 2.78. The molecule has 0 aliphatic carbocycles. The molecule has 1 fully saturated rings. The average Bonchev–Trinajstić information content (AvgIpc) is 2.90. The van der Waals surface area contributed by atoms with Gasteiger partial charge in [-0.3, -0.25) is 0 Å². The van der Waals surface area contributed by atoms with Crippen LogP contribution in [0.2, 0.25) is 0 Å². The number of thioether (sulfide) groups is 1. The Kier molecular flexibility index (Phi) is 4.86. The van der Waals surface area contributed by atoms with Gasteiger partial charge in [0, 0.05) is 12.5 Å². The molecule has 0 spiro atoms. The summed E-state index contributed by atoms with van der Waals surface area (Å²) in [5, 5.41) is 7.46. The fourth-order valence-electron chi connectivity index (χ4n) is 1.96. The topological polar surface area (TPSA) is 51.0 Å². The molecule has 2 rings (SSSR count). The van der Waals surface area contributed by atoms with Crippen LogP contribution in [-0.2, 0) is 12.2 Å². The van der Waals surface area contributed by atoms with Crippen molar-refractivity contribution < 1.29 is 4.52 Å². The van der Waals surface area contributed by atoms with Gasteiger partial charge in [0.15, 0.2) is 5.82 Å². The Bertz CT molecular complexity index is 334. The highest BCUT2D eigenvalue weighted by molar-refractivity contribution is 7.98. The molecule has 2 heterocycles. The number of hydrogen-bond donors (Lipinski definition) is 1. The van der Waals surface area contributed by atoms with Crippen molar-refractivity contribution in [2.75, 3.05) is 12.3 Å².